The number of hydrogen-bond donors (Lipinski definition) is 1. The van der Waals surface area contributed by atoms with Crippen LogP contribution in [0.3, 0.4) is 0 Å². The zero-order chi connectivity index (χ0) is 15.9. The van der Waals surface area contributed by atoms with Crippen LogP contribution in [0, 0.1) is 17.8 Å². The minimum absolute atomic E-state index is 0.0345. The predicted octanol–water partition coefficient (Wildman–Crippen LogP) is 4.17. The fourth-order valence-corrected chi connectivity index (χ4v) is 3.87. The van der Waals surface area contributed by atoms with Crippen molar-refractivity contribution < 1.29 is 19.4 Å². The van der Waals surface area contributed by atoms with E-state index in [1.54, 1.807) is 0 Å². The normalized spacial score (nSPS) is 32.4. The van der Waals surface area contributed by atoms with Crippen LogP contribution in [0.1, 0.15) is 77.6 Å². The number of hydrogen-bond acceptors (Lipinski definition) is 3. The van der Waals surface area contributed by atoms with E-state index in [-0.39, 0.29) is 23.9 Å². The van der Waals surface area contributed by atoms with E-state index in [0.717, 1.165) is 31.6 Å². The van der Waals surface area contributed by atoms with Crippen LogP contribution in [-0.4, -0.2) is 23.1 Å². The van der Waals surface area contributed by atoms with E-state index in [9.17, 15) is 9.59 Å². The van der Waals surface area contributed by atoms with Crippen molar-refractivity contribution in [1.82, 2.24) is 0 Å². The molecule has 0 aromatic rings. The molecule has 2 fully saturated rings. The SMILES string of the molecule is CCCC[C@H]1CC[C@H](C(=O)OC2CCC(C(=O)O)CC2)CC1. The summed E-state index contributed by atoms with van der Waals surface area (Å²) in [6.45, 7) is 2.22. The standard InChI is InChI=1S/C18H30O4/c1-2-3-4-13-5-7-15(8-6-13)18(21)22-16-11-9-14(10-12-16)17(19)20/h13-16H,2-12H2,1H3,(H,19,20)/t13-,14?,15-,16?. The van der Waals surface area contributed by atoms with Gasteiger partial charge in [0.2, 0.25) is 0 Å². The molecule has 0 heterocycles. The maximum Gasteiger partial charge on any atom is 0.309 e. The van der Waals surface area contributed by atoms with Gasteiger partial charge in [0, 0.05) is 0 Å². The summed E-state index contributed by atoms with van der Waals surface area (Å²) in [4.78, 5) is 23.2. The predicted molar refractivity (Wildman–Crippen MR) is 84.4 cm³/mol. The lowest BCUT2D eigenvalue weighted by atomic mass is 9.80. The second-order valence-electron chi connectivity index (χ2n) is 7.11. The Labute approximate surface area is 133 Å². The molecule has 1 N–H and O–H groups in total. The van der Waals surface area contributed by atoms with Crippen molar-refractivity contribution >= 4 is 11.9 Å². The molecule has 0 radical (unpaired) electrons. The highest BCUT2D eigenvalue weighted by Gasteiger charge is 2.31. The Balaban J connectivity index is 1.67. The largest absolute Gasteiger partial charge is 0.481 e. The summed E-state index contributed by atoms with van der Waals surface area (Å²) in [6.07, 6.45) is 10.7. The van der Waals surface area contributed by atoms with Gasteiger partial charge in [0.15, 0.2) is 0 Å². The zero-order valence-corrected chi connectivity index (χ0v) is 13.8. The average molecular weight is 310 g/mol. The molecule has 0 unspecified atom stereocenters. The number of rotatable bonds is 6. The monoisotopic (exact) mass is 310 g/mol. The van der Waals surface area contributed by atoms with Crippen LogP contribution in [0.2, 0.25) is 0 Å². The van der Waals surface area contributed by atoms with Gasteiger partial charge in [-0.05, 0) is 57.3 Å². The number of carbonyl (C=O) groups excluding carboxylic acids is 1. The molecular weight excluding hydrogens is 280 g/mol. The first-order valence-corrected chi connectivity index (χ1v) is 9.03. The molecule has 4 nitrogen and oxygen atoms in total. The molecule has 0 bridgehead atoms. The van der Waals surface area contributed by atoms with Gasteiger partial charge in [-0.25, -0.2) is 0 Å². The Morgan fingerprint density at radius 2 is 1.55 bits per heavy atom. The summed E-state index contributed by atoms with van der Waals surface area (Å²) in [6, 6.07) is 0. The molecule has 2 saturated carbocycles. The Kier molecular flexibility index (Phi) is 6.71. The summed E-state index contributed by atoms with van der Waals surface area (Å²) in [7, 11) is 0. The molecule has 22 heavy (non-hydrogen) atoms. The molecule has 2 aliphatic carbocycles. The van der Waals surface area contributed by atoms with Gasteiger partial charge in [-0.2, -0.15) is 0 Å². The number of ether oxygens (including phenoxy) is 1. The zero-order valence-electron chi connectivity index (χ0n) is 13.8. The number of aliphatic carboxylic acids is 1. The van der Waals surface area contributed by atoms with E-state index in [2.05, 4.69) is 6.92 Å². The van der Waals surface area contributed by atoms with Gasteiger partial charge in [-0.1, -0.05) is 26.2 Å². The molecule has 2 rings (SSSR count). The van der Waals surface area contributed by atoms with Crippen LogP contribution in [0.25, 0.3) is 0 Å². The minimum atomic E-state index is -0.713. The van der Waals surface area contributed by atoms with Crippen LogP contribution in [0.4, 0.5) is 0 Å². The van der Waals surface area contributed by atoms with Gasteiger partial charge < -0.3 is 9.84 Å². The van der Waals surface area contributed by atoms with E-state index in [4.69, 9.17) is 9.84 Å². The summed E-state index contributed by atoms with van der Waals surface area (Å²) >= 11 is 0. The Bertz CT molecular complexity index is 363. The summed E-state index contributed by atoms with van der Waals surface area (Å²) in [5, 5.41) is 8.99. The molecule has 4 heteroatoms. The lowest BCUT2D eigenvalue weighted by Crippen LogP contribution is -2.31. The minimum Gasteiger partial charge on any atom is -0.481 e. The quantitative estimate of drug-likeness (QED) is 0.748. The van der Waals surface area contributed by atoms with Crippen molar-refractivity contribution in [2.24, 2.45) is 17.8 Å². The van der Waals surface area contributed by atoms with E-state index in [1.165, 1.54) is 19.3 Å². The first-order chi connectivity index (χ1) is 10.6. The topological polar surface area (TPSA) is 63.6 Å². The van der Waals surface area contributed by atoms with Crippen molar-refractivity contribution in [1.29, 1.82) is 0 Å². The number of carboxylic acid groups (broad SMARTS) is 1. The third kappa shape index (κ3) is 4.99. The number of unbranched alkanes of at least 4 members (excludes halogenated alkanes) is 1. The third-order valence-electron chi connectivity index (χ3n) is 5.45. The summed E-state index contributed by atoms with van der Waals surface area (Å²) in [5.41, 5.74) is 0. The summed E-state index contributed by atoms with van der Waals surface area (Å²) < 4.78 is 5.64. The lowest BCUT2D eigenvalue weighted by Gasteiger charge is -2.30. The first kappa shape index (κ1) is 17.3. The maximum atomic E-state index is 12.3. The Hall–Kier alpha value is -1.06. The van der Waals surface area contributed by atoms with Gasteiger partial charge >= 0.3 is 11.9 Å². The van der Waals surface area contributed by atoms with E-state index >= 15 is 0 Å². The summed E-state index contributed by atoms with van der Waals surface area (Å²) in [5.74, 6) is -0.114. The van der Waals surface area contributed by atoms with Gasteiger partial charge in [-0.3, -0.25) is 9.59 Å². The van der Waals surface area contributed by atoms with Gasteiger partial charge in [0.25, 0.3) is 0 Å². The smallest absolute Gasteiger partial charge is 0.309 e. The lowest BCUT2D eigenvalue weighted by molar-refractivity contribution is -0.158. The molecule has 0 spiro atoms. The Morgan fingerprint density at radius 1 is 0.955 bits per heavy atom. The third-order valence-corrected chi connectivity index (χ3v) is 5.45. The first-order valence-electron chi connectivity index (χ1n) is 9.03. The van der Waals surface area contributed by atoms with E-state index < -0.39 is 5.97 Å². The van der Waals surface area contributed by atoms with Crippen LogP contribution in [0.15, 0.2) is 0 Å². The molecule has 0 aromatic heterocycles. The number of carboxylic acids is 1. The molecule has 126 valence electrons. The molecular formula is C18H30O4. The van der Waals surface area contributed by atoms with Crippen LogP contribution >= 0.6 is 0 Å². The maximum absolute atomic E-state index is 12.3. The van der Waals surface area contributed by atoms with E-state index in [1.807, 2.05) is 0 Å². The number of carbonyl (C=O) groups is 2. The molecule has 0 aromatic carbocycles. The van der Waals surface area contributed by atoms with Crippen molar-refractivity contribution in [3.05, 3.63) is 0 Å². The van der Waals surface area contributed by atoms with Crippen molar-refractivity contribution in [2.75, 3.05) is 0 Å². The molecule has 0 atom stereocenters. The van der Waals surface area contributed by atoms with E-state index in [0.29, 0.717) is 25.7 Å². The fourth-order valence-electron chi connectivity index (χ4n) is 3.87. The highest BCUT2D eigenvalue weighted by atomic mass is 16.5. The highest BCUT2D eigenvalue weighted by Crippen LogP contribution is 2.34. The van der Waals surface area contributed by atoms with Crippen molar-refractivity contribution in [3.8, 4) is 0 Å². The second-order valence-corrected chi connectivity index (χ2v) is 7.11. The molecule has 0 amide bonds. The van der Waals surface area contributed by atoms with Crippen LogP contribution in [0.5, 0.6) is 0 Å². The van der Waals surface area contributed by atoms with Crippen molar-refractivity contribution in [3.63, 3.8) is 0 Å². The highest BCUT2D eigenvalue weighted by molar-refractivity contribution is 5.73. The fraction of sp³-hybridized carbons (Fsp3) is 0.889. The van der Waals surface area contributed by atoms with Gasteiger partial charge in [0.1, 0.15) is 6.10 Å². The van der Waals surface area contributed by atoms with Gasteiger partial charge in [-0.15, -0.1) is 0 Å². The molecule has 0 aliphatic heterocycles. The van der Waals surface area contributed by atoms with Gasteiger partial charge in [0.05, 0.1) is 11.8 Å². The molecule has 0 saturated heterocycles. The molecule has 2 aliphatic rings. The second kappa shape index (κ2) is 8.54. The van der Waals surface area contributed by atoms with Crippen molar-refractivity contribution in [2.45, 2.75) is 83.7 Å². The van der Waals surface area contributed by atoms with Crippen LogP contribution in [-0.2, 0) is 14.3 Å². The number of esters is 1. The Morgan fingerprint density at radius 3 is 2.09 bits per heavy atom. The average Bonchev–Trinajstić information content (AvgIpc) is 2.54. The van der Waals surface area contributed by atoms with Crippen LogP contribution < -0.4 is 0 Å².